The summed E-state index contributed by atoms with van der Waals surface area (Å²) in [6.45, 7) is 6.05. The van der Waals surface area contributed by atoms with Crippen LogP contribution in [0.5, 0.6) is 0 Å². The third-order valence-corrected chi connectivity index (χ3v) is 4.04. The highest BCUT2D eigenvalue weighted by Crippen LogP contribution is 2.21. The van der Waals surface area contributed by atoms with Gasteiger partial charge in [-0.3, -0.25) is 0 Å². The van der Waals surface area contributed by atoms with Crippen LogP contribution < -0.4 is 5.32 Å². The van der Waals surface area contributed by atoms with E-state index in [1.165, 1.54) is 12.1 Å². The molecule has 2 nitrogen and oxygen atoms in total. The van der Waals surface area contributed by atoms with Gasteiger partial charge >= 0.3 is 0 Å². The minimum absolute atomic E-state index is 0.0839. The Bertz CT molecular complexity index is 413. The van der Waals surface area contributed by atoms with Crippen molar-refractivity contribution in [2.45, 2.75) is 32.9 Å². The van der Waals surface area contributed by atoms with E-state index in [4.69, 9.17) is 0 Å². The second-order valence-electron chi connectivity index (χ2n) is 4.74. The molecular formula is C14H21BrF2N2. The largest absolute Gasteiger partial charge is 0.311 e. The van der Waals surface area contributed by atoms with E-state index in [0.29, 0.717) is 17.1 Å². The third-order valence-electron chi connectivity index (χ3n) is 3.43. The van der Waals surface area contributed by atoms with E-state index < -0.39 is 11.6 Å². The molecule has 0 spiro atoms. The van der Waals surface area contributed by atoms with E-state index in [1.54, 1.807) is 0 Å². The molecule has 0 aromatic heterocycles. The minimum Gasteiger partial charge on any atom is -0.311 e. The summed E-state index contributed by atoms with van der Waals surface area (Å²) in [5, 5.41) is 3.08. The van der Waals surface area contributed by atoms with E-state index >= 15 is 0 Å². The number of hydrogen-bond acceptors (Lipinski definition) is 2. The Balaban J connectivity index is 2.44. The zero-order valence-electron chi connectivity index (χ0n) is 11.6. The smallest absolute Gasteiger partial charge is 0.144 e. The minimum atomic E-state index is -0.525. The summed E-state index contributed by atoms with van der Waals surface area (Å²) in [4.78, 5) is 2.22. The molecule has 108 valence electrons. The summed E-state index contributed by atoms with van der Waals surface area (Å²) in [7, 11) is 2.05. The fourth-order valence-electron chi connectivity index (χ4n) is 1.73. The Morgan fingerprint density at radius 2 is 2.05 bits per heavy atom. The maximum atomic E-state index is 13.7. The van der Waals surface area contributed by atoms with Crippen LogP contribution in [0, 0.1) is 11.6 Å². The van der Waals surface area contributed by atoms with Crippen LogP contribution in [0.4, 0.5) is 8.78 Å². The fourth-order valence-corrected chi connectivity index (χ4v) is 2.10. The quantitative estimate of drug-likeness (QED) is 0.606. The van der Waals surface area contributed by atoms with Crippen molar-refractivity contribution in [3.8, 4) is 0 Å². The number of nitrogens with zero attached hydrogens (tertiary/aromatic N) is 1. The van der Waals surface area contributed by atoms with Crippen molar-refractivity contribution in [3.05, 3.63) is 33.8 Å². The first-order chi connectivity index (χ1) is 8.97. The van der Waals surface area contributed by atoms with E-state index in [2.05, 4.69) is 47.0 Å². The number of rotatable bonds is 7. The summed E-state index contributed by atoms with van der Waals surface area (Å²) < 4.78 is 27.5. The van der Waals surface area contributed by atoms with Crippen molar-refractivity contribution >= 4 is 15.9 Å². The molecule has 0 radical (unpaired) electrons. The van der Waals surface area contributed by atoms with E-state index in [1.807, 2.05) is 0 Å². The Hall–Kier alpha value is -0.520. The van der Waals surface area contributed by atoms with Crippen molar-refractivity contribution in [2.24, 2.45) is 0 Å². The SMILES string of the molecule is CCC(C)N(C)CCNCc1c(F)ccc(Br)c1F. The van der Waals surface area contributed by atoms with Gasteiger partial charge in [0, 0.05) is 31.2 Å². The predicted octanol–water partition coefficient (Wildman–Crippen LogP) is 3.55. The van der Waals surface area contributed by atoms with Crippen LogP contribution in [-0.2, 0) is 6.54 Å². The Morgan fingerprint density at radius 1 is 1.37 bits per heavy atom. The van der Waals surface area contributed by atoms with Gasteiger partial charge in [-0.15, -0.1) is 0 Å². The van der Waals surface area contributed by atoms with Crippen LogP contribution in [0.15, 0.2) is 16.6 Å². The molecule has 5 heteroatoms. The number of likely N-dealkylation sites (N-methyl/N-ethyl adjacent to an activating group) is 1. The molecule has 0 bridgehead atoms. The molecule has 0 aliphatic carbocycles. The van der Waals surface area contributed by atoms with Gasteiger partial charge in [0.1, 0.15) is 11.6 Å². The molecule has 0 fully saturated rings. The van der Waals surface area contributed by atoms with Crippen LogP contribution in [0.1, 0.15) is 25.8 Å². The lowest BCUT2D eigenvalue weighted by molar-refractivity contribution is 0.251. The third kappa shape index (κ3) is 4.82. The maximum absolute atomic E-state index is 13.7. The van der Waals surface area contributed by atoms with Gasteiger partial charge in [-0.1, -0.05) is 6.92 Å². The number of hydrogen-bond donors (Lipinski definition) is 1. The van der Waals surface area contributed by atoms with Gasteiger partial charge in [-0.25, -0.2) is 8.78 Å². The lowest BCUT2D eigenvalue weighted by Gasteiger charge is -2.23. The molecule has 1 unspecified atom stereocenters. The predicted molar refractivity (Wildman–Crippen MR) is 78.1 cm³/mol. The molecule has 0 aliphatic rings. The van der Waals surface area contributed by atoms with Crippen LogP contribution in [0.2, 0.25) is 0 Å². The molecule has 0 aliphatic heterocycles. The van der Waals surface area contributed by atoms with E-state index in [9.17, 15) is 8.78 Å². The lowest BCUT2D eigenvalue weighted by Crippen LogP contribution is -2.35. The first-order valence-corrected chi connectivity index (χ1v) is 7.30. The van der Waals surface area contributed by atoms with Crippen LogP contribution >= 0.6 is 15.9 Å². The van der Waals surface area contributed by atoms with Crippen molar-refractivity contribution in [1.29, 1.82) is 0 Å². The second kappa shape index (κ2) is 7.92. The van der Waals surface area contributed by atoms with Crippen molar-refractivity contribution in [3.63, 3.8) is 0 Å². The first kappa shape index (κ1) is 16.5. The molecule has 0 heterocycles. The number of benzene rings is 1. The van der Waals surface area contributed by atoms with Gasteiger partial charge in [0.2, 0.25) is 0 Å². The zero-order chi connectivity index (χ0) is 14.4. The summed E-state index contributed by atoms with van der Waals surface area (Å²) in [6, 6.07) is 3.17. The van der Waals surface area contributed by atoms with Gasteiger partial charge in [-0.05, 0) is 48.5 Å². The molecule has 0 saturated heterocycles. The van der Waals surface area contributed by atoms with Crippen molar-refractivity contribution in [2.75, 3.05) is 20.1 Å². The zero-order valence-corrected chi connectivity index (χ0v) is 13.2. The fraction of sp³-hybridized carbons (Fsp3) is 0.571. The van der Waals surface area contributed by atoms with Crippen molar-refractivity contribution in [1.82, 2.24) is 10.2 Å². The summed E-state index contributed by atoms with van der Waals surface area (Å²) in [6.07, 6.45) is 1.09. The van der Waals surface area contributed by atoms with Crippen LogP contribution in [0.3, 0.4) is 0 Å². The van der Waals surface area contributed by atoms with Gasteiger partial charge < -0.3 is 10.2 Å². The Kier molecular flexibility index (Phi) is 6.89. The van der Waals surface area contributed by atoms with Gasteiger partial charge in [0.25, 0.3) is 0 Å². The summed E-state index contributed by atoms with van der Waals surface area (Å²) in [5.41, 5.74) is 0.0839. The maximum Gasteiger partial charge on any atom is 0.144 e. The van der Waals surface area contributed by atoms with Crippen molar-refractivity contribution < 1.29 is 8.78 Å². The Morgan fingerprint density at radius 3 is 2.68 bits per heavy atom. The standard InChI is InChI=1S/C14H21BrF2N2/c1-4-10(2)19(3)8-7-18-9-11-13(16)6-5-12(15)14(11)17/h5-6,10,18H,4,7-9H2,1-3H3. The monoisotopic (exact) mass is 334 g/mol. The molecule has 1 rings (SSSR count). The molecule has 19 heavy (non-hydrogen) atoms. The molecule has 1 aromatic rings. The van der Waals surface area contributed by atoms with Gasteiger partial charge in [0.05, 0.1) is 4.47 Å². The lowest BCUT2D eigenvalue weighted by atomic mass is 10.2. The average Bonchev–Trinajstić information content (AvgIpc) is 2.41. The normalized spacial score (nSPS) is 13.0. The highest BCUT2D eigenvalue weighted by Gasteiger charge is 2.12. The second-order valence-corrected chi connectivity index (χ2v) is 5.59. The highest BCUT2D eigenvalue weighted by atomic mass is 79.9. The molecule has 0 amide bonds. The van der Waals surface area contributed by atoms with Crippen LogP contribution in [-0.4, -0.2) is 31.1 Å². The molecule has 1 atom stereocenters. The van der Waals surface area contributed by atoms with E-state index in [-0.39, 0.29) is 12.1 Å². The highest BCUT2D eigenvalue weighted by molar-refractivity contribution is 9.10. The van der Waals surface area contributed by atoms with E-state index in [0.717, 1.165) is 13.0 Å². The average molecular weight is 335 g/mol. The Labute approximate surface area is 122 Å². The number of halogens is 3. The first-order valence-electron chi connectivity index (χ1n) is 6.50. The number of nitrogens with one attached hydrogen (secondary N) is 1. The molecule has 1 N–H and O–H groups in total. The van der Waals surface area contributed by atoms with Gasteiger partial charge in [-0.2, -0.15) is 0 Å². The molecule has 1 aromatic carbocycles. The van der Waals surface area contributed by atoms with Crippen LogP contribution in [0.25, 0.3) is 0 Å². The summed E-state index contributed by atoms with van der Waals surface area (Å²) in [5.74, 6) is -1.04. The van der Waals surface area contributed by atoms with Gasteiger partial charge in [0.15, 0.2) is 0 Å². The molecular weight excluding hydrogens is 314 g/mol. The molecule has 0 saturated carbocycles. The summed E-state index contributed by atoms with van der Waals surface area (Å²) >= 11 is 3.06. The topological polar surface area (TPSA) is 15.3 Å².